The first-order valence-corrected chi connectivity index (χ1v) is 9.22. The molecule has 1 N–H and O–H groups in total. The second kappa shape index (κ2) is 7.06. The molecule has 1 aliphatic carbocycles. The first kappa shape index (κ1) is 17.6. The van der Waals surface area contributed by atoms with Crippen molar-refractivity contribution >= 4 is 11.7 Å². The van der Waals surface area contributed by atoms with Crippen LogP contribution in [0.1, 0.15) is 40.3 Å². The number of anilines is 1. The van der Waals surface area contributed by atoms with Crippen LogP contribution in [0.5, 0.6) is 11.5 Å². The Morgan fingerprint density at radius 3 is 2.48 bits per heavy atom. The van der Waals surface area contributed by atoms with Gasteiger partial charge in [-0.3, -0.25) is 4.79 Å². The molecule has 1 fully saturated rings. The summed E-state index contributed by atoms with van der Waals surface area (Å²) in [6.07, 6.45) is 3.08. The highest BCUT2D eigenvalue weighted by Crippen LogP contribution is 2.33. The third-order valence-corrected chi connectivity index (χ3v) is 4.99. The molecular formula is C20H24N4O3. The van der Waals surface area contributed by atoms with Crippen molar-refractivity contribution in [3.05, 3.63) is 40.8 Å². The second-order valence-corrected chi connectivity index (χ2v) is 7.06. The molecule has 2 aromatic rings. The van der Waals surface area contributed by atoms with Crippen LogP contribution >= 0.6 is 0 Å². The number of aryl methyl sites for hydroxylation is 1. The number of nitrogens with one attached hydrogen (secondary N) is 1. The van der Waals surface area contributed by atoms with Gasteiger partial charge in [0.15, 0.2) is 11.5 Å². The minimum absolute atomic E-state index is 0.0696. The van der Waals surface area contributed by atoms with Crippen LogP contribution in [-0.2, 0) is 13.0 Å². The molecule has 0 spiro atoms. The van der Waals surface area contributed by atoms with Gasteiger partial charge in [0.1, 0.15) is 17.3 Å². The Labute approximate surface area is 158 Å². The van der Waals surface area contributed by atoms with Crippen LogP contribution in [0.3, 0.4) is 0 Å². The van der Waals surface area contributed by atoms with Crippen LogP contribution in [0.25, 0.3) is 0 Å². The fraction of sp³-hybridized carbons (Fsp3) is 0.450. The summed E-state index contributed by atoms with van der Waals surface area (Å²) >= 11 is 0. The van der Waals surface area contributed by atoms with E-state index in [1.807, 2.05) is 24.0 Å². The van der Waals surface area contributed by atoms with Gasteiger partial charge in [0.05, 0.1) is 14.2 Å². The molecule has 7 nitrogen and oxygen atoms in total. The van der Waals surface area contributed by atoms with E-state index in [9.17, 15) is 4.79 Å². The highest BCUT2D eigenvalue weighted by atomic mass is 16.5. The van der Waals surface area contributed by atoms with E-state index in [0.717, 1.165) is 36.4 Å². The van der Waals surface area contributed by atoms with Gasteiger partial charge in [-0.15, -0.1) is 0 Å². The Kier molecular flexibility index (Phi) is 4.59. The highest BCUT2D eigenvalue weighted by molar-refractivity contribution is 5.93. The summed E-state index contributed by atoms with van der Waals surface area (Å²) in [6, 6.07) is 6.20. The van der Waals surface area contributed by atoms with Crippen molar-refractivity contribution in [3.8, 4) is 11.5 Å². The van der Waals surface area contributed by atoms with Gasteiger partial charge in [-0.1, -0.05) is 0 Å². The lowest BCUT2D eigenvalue weighted by Gasteiger charge is -2.29. The predicted molar refractivity (Wildman–Crippen MR) is 101 cm³/mol. The van der Waals surface area contributed by atoms with Crippen LogP contribution in [-0.4, -0.2) is 47.6 Å². The molecule has 7 heteroatoms. The van der Waals surface area contributed by atoms with Gasteiger partial charge in [0, 0.05) is 25.2 Å². The smallest absolute Gasteiger partial charge is 0.272 e. The Balaban J connectivity index is 1.56. The summed E-state index contributed by atoms with van der Waals surface area (Å²) < 4.78 is 10.8. The maximum Gasteiger partial charge on any atom is 0.272 e. The second-order valence-electron chi connectivity index (χ2n) is 7.06. The fourth-order valence-corrected chi connectivity index (χ4v) is 3.41. The van der Waals surface area contributed by atoms with Crippen molar-refractivity contribution in [2.75, 3.05) is 26.1 Å². The zero-order valence-electron chi connectivity index (χ0n) is 15.9. The molecule has 27 heavy (non-hydrogen) atoms. The number of amides is 1. The van der Waals surface area contributed by atoms with Crippen molar-refractivity contribution < 1.29 is 14.3 Å². The number of methoxy groups -OCH3 is 2. The molecule has 2 heterocycles. The summed E-state index contributed by atoms with van der Waals surface area (Å²) in [5.74, 6) is 2.67. The highest BCUT2D eigenvalue weighted by Gasteiger charge is 2.26. The summed E-state index contributed by atoms with van der Waals surface area (Å²) in [6.45, 7) is 3.00. The lowest BCUT2D eigenvalue weighted by Crippen LogP contribution is -2.36. The van der Waals surface area contributed by atoms with E-state index in [0.29, 0.717) is 36.4 Å². The third-order valence-electron chi connectivity index (χ3n) is 4.99. The number of aromatic nitrogens is 2. The van der Waals surface area contributed by atoms with E-state index in [1.165, 1.54) is 5.56 Å². The molecule has 1 aromatic carbocycles. The first-order chi connectivity index (χ1) is 13.1. The molecule has 1 amide bonds. The van der Waals surface area contributed by atoms with Crippen molar-refractivity contribution in [2.24, 2.45) is 0 Å². The van der Waals surface area contributed by atoms with Crippen LogP contribution in [0.15, 0.2) is 18.2 Å². The minimum Gasteiger partial charge on any atom is -0.493 e. The third kappa shape index (κ3) is 3.67. The number of ether oxygens (including phenoxy) is 2. The molecule has 1 aromatic heterocycles. The first-order valence-electron chi connectivity index (χ1n) is 9.22. The molecule has 1 aliphatic heterocycles. The van der Waals surface area contributed by atoms with Crippen LogP contribution in [0.4, 0.5) is 5.82 Å². The molecule has 0 radical (unpaired) electrons. The predicted octanol–water partition coefficient (Wildman–Crippen LogP) is 2.58. The quantitative estimate of drug-likeness (QED) is 0.874. The van der Waals surface area contributed by atoms with Crippen LogP contribution in [0, 0.1) is 6.92 Å². The molecule has 0 saturated heterocycles. The standard InChI is InChI=1S/C20H24N4O3/c1-12-21-16(10-19(22-12)23-15-4-5-15)20(25)24-7-6-13-8-17(26-2)18(27-3)9-14(13)11-24/h8-10,15H,4-7,11H2,1-3H3,(H,21,22,23). The zero-order valence-corrected chi connectivity index (χ0v) is 15.9. The van der Waals surface area contributed by atoms with Gasteiger partial charge < -0.3 is 19.7 Å². The average molecular weight is 368 g/mol. The molecule has 0 atom stereocenters. The lowest BCUT2D eigenvalue weighted by molar-refractivity contribution is 0.0728. The van der Waals surface area contributed by atoms with E-state index in [1.54, 1.807) is 20.3 Å². The van der Waals surface area contributed by atoms with E-state index in [2.05, 4.69) is 15.3 Å². The molecule has 1 saturated carbocycles. The van der Waals surface area contributed by atoms with Crippen LogP contribution in [0.2, 0.25) is 0 Å². The summed E-state index contributed by atoms with van der Waals surface area (Å²) in [5.41, 5.74) is 2.70. The average Bonchev–Trinajstić information content (AvgIpc) is 3.49. The number of carbonyl (C=O) groups excluding carboxylic acids is 1. The topological polar surface area (TPSA) is 76.6 Å². The SMILES string of the molecule is COc1cc2c(cc1OC)CN(C(=O)c1cc(NC3CC3)nc(C)n1)CC2. The summed E-state index contributed by atoms with van der Waals surface area (Å²) in [5, 5.41) is 3.35. The molecule has 142 valence electrons. The minimum atomic E-state index is -0.0696. The molecule has 2 aliphatic rings. The fourth-order valence-electron chi connectivity index (χ4n) is 3.41. The number of carbonyl (C=O) groups is 1. The molecule has 0 bridgehead atoms. The van der Waals surface area contributed by atoms with Crippen molar-refractivity contribution in [1.29, 1.82) is 0 Å². The summed E-state index contributed by atoms with van der Waals surface area (Å²) in [4.78, 5) is 23.6. The Morgan fingerprint density at radius 1 is 1.11 bits per heavy atom. The van der Waals surface area contributed by atoms with Gasteiger partial charge in [-0.05, 0) is 49.4 Å². The molecule has 0 unspecified atom stereocenters. The van der Waals surface area contributed by atoms with E-state index in [-0.39, 0.29) is 5.91 Å². The lowest BCUT2D eigenvalue weighted by atomic mass is 9.98. The zero-order chi connectivity index (χ0) is 19.0. The Morgan fingerprint density at radius 2 is 1.81 bits per heavy atom. The Hall–Kier alpha value is -2.83. The van der Waals surface area contributed by atoms with Gasteiger partial charge in [-0.25, -0.2) is 9.97 Å². The van der Waals surface area contributed by atoms with Crippen molar-refractivity contribution in [1.82, 2.24) is 14.9 Å². The Bertz CT molecular complexity index is 880. The van der Waals surface area contributed by atoms with Crippen molar-refractivity contribution in [3.63, 3.8) is 0 Å². The van der Waals surface area contributed by atoms with Gasteiger partial charge >= 0.3 is 0 Å². The number of rotatable bonds is 5. The van der Waals surface area contributed by atoms with Gasteiger partial charge in [-0.2, -0.15) is 0 Å². The maximum absolute atomic E-state index is 13.0. The number of hydrogen-bond donors (Lipinski definition) is 1. The van der Waals surface area contributed by atoms with E-state index in [4.69, 9.17) is 9.47 Å². The van der Waals surface area contributed by atoms with Crippen molar-refractivity contribution in [2.45, 2.75) is 38.8 Å². The van der Waals surface area contributed by atoms with Gasteiger partial charge in [0.2, 0.25) is 0 Å². The van der Waals surface area contributed by atoms with Crippen LogP contribution < -0.4 is 14.8 Å². The van der Waals surface area contributed by atoms with E-state index < -0.39 is 0 Å². The number of hydrogen-bond acceptors (Lipinski definition) is 6. The monoisotopic (exact) mass is 368 g/mol. The number of fused-ring (bicyclic) bond motifs is 1. The number of benzene rings is 1. The molecular weight excluding hydrogens is 344 g/mol. The van der Waals surface area contributed by atoms with Gasteiger partial charge in [0.25, 0.3) is 5.91 Å². The summed E-state index contributed by atoms with van der Waals surface area (Å²) in [7, 11) is 3.25. The normalized spacial score (nSPS) is 15.9. The maximum atomic E-state index is 13.0. The van der Waals surface area contributed by atoms with E-state index >= 15 is 0 Å². The largest absolute Gasteiger partial charge is 0.493 e. The molecule has 4 rings (SSSR count). The number of nitrogens with zero attached hydrogens (tertiary/aromatic N) is 3.